The first-order valence-electron chi connectivity index (χ1n) is 6.00. The number of aliphatic carboxylic acids is 1. The quantitative estimate of drug-likeness (QED) is 0.938. The fraction of sp³-hybridized carbons (Fsp3) is 0.286. The number of hydrogen-bond acceptors (Lipinski definition) is 2. The van der Waals surface area contributed by atoms with Gasteiger partial charge in [-0.1, -0.05) is 28.1 Å². The van der Waals surface area contributed by atoms with E-state index in [4.69, 9.17) is 5.11 Å². The second kappa shape index (κ2) is 5.57. The molecular weight excluding hydrogens is 308 g/mol. The van der Waals surface area contributed by atoms with E-state index in [0.717, 1.165) is 26.9 Å². The van der Waals surface area contributed by atoms with Gasteiger partial charge >= 0.3 is 5.97 Å². The zero-order chi connectivity index (χ0) is 14.0. The van der Waals surface area contributed by atoms with Crippen molar-refractivity contribution in [3.05, 3.63) is 40.1 Å². The van der Waals surface area contributed by atoms with Crippen molar-refractivity contribution in [2.75, 3.05) is 0 Å². The van der Waals surface area contributed by atoms with E-state index >= 15 is 0 Å². The van der Waals surface area contributed by atoms with Crippen molar-refractivity contribution in [2.45, 2.75) is 26.8 Å². The Kier molecular flexibility index (Phi) is 4.04. The molecule has 4 nitrogen and oxygen atoms in total. The molecule has 0 aliphatic heterocycles. The van der Waals surface area contributed by atoms with Crippen LogP contribution in [0.2, 0.25) is 0 Å². The number of carboxylic acid groups (broad SMARTS) is 1. The molecule has 1 aromatic heterocycles. The zero-order valence-electron chi connectivity index (χ0n) is 10.9. The molecule has 0 unspecified atom stereocenters. The van der Waals surface area contributed by atoms with Gasteiger partial charge in [0.05, 0.1) is 19.2 Å². The maximum Gasteiger partial charge on any atom is 0.305 e. The molecule has 0 aliphatic carbocycles. The molecule has 0 atom stereocenters. The minimum absolute atomic E-state index is 0.0846. The Labute approximate surface area is 120 Å². The van der Waals surface area contributed by atoms with Crippen LogP contribution in [-0.4, -0.2) is 20.9 Å². The summed E-state index contributed by atoms with van der Waals surface area (Å²) in [4.78, 5) is 10.6. The van der Waals surface area contributed by atoms with Gasteiger partial charge in [-0.25, -0.2) is 0 Å². The molecule has 1 aromatic carbocycles. The van der Waals surface area contributed by atoms with Gasteiger partial charge in [0.25, 0.3) is 0 Å². The number of halogens is 1. The number of rotatable bonds is 4. The molecule has 0 bridgehead atoms. The zero-order valence-corrected chi connectivity index (χ0v) is 12.4. The summed E-state index contributed by atoms with van der Waals surface area (Å²) in [5, 5.41) is 13.0. The summed E-state index contributed by atoms with van der Waals surface area (Å²) in [5.41, 5.74) is 4.29. The molecule has 0 aliphatic rings. The minimum Gasteiger partial charge on any atom is -0.481 e. The van der Waals surface area contributed by atoms with Gasteiger partial charge in [0.2, 0.25) is 0 Å². The second-order valence-corrected chi connectivity index (χ2v) is 5.33. The first-order chi connectivity index (χ1) is 8.99. The SMILES string of the molecule is Cc1cc(-c2cnn(CCC(=O)O)c2C)ccc1Br. The lowest BCUT2D eigenvalue weighted by Gasteiger charge is -2.06. The highest BCUT2D eigenvalue weighted by atomic mass is 79.9. The molecule has 0 saturated carbocycles. The summed E-state index contributed by atoms with van der Waals surface area (Å²) in [5.74, 6) is -0.809. The van der Waals surface area contributed by atoms with Gasteiger partial charge < -0.3 is 5.11 Å². The lowest BCUT2D eigenvalue weighted by atomic mass is 10.0. The molecule has 0 amide bonds. The van der Waals surface area contributed by atoms with E-state index in [0.29, 0.717) is 6.54 Å². The third-order valence-electron chi connectivity index (χ3n) is 3.11. The third-order valence-corrected chi connectivity index (χ3v) is 4.00. The average molecular weight is 323 g/mol. The first-order valence-corrected chi connectivity index (χ1v) is 6.79. The fourth-order valence-corrected chi connectivity index (χ4v) is 2.22. The second-order valence-electron chi connectivity index (χ2n) is 4.47. The molecule has 0 fully saturated rings. The summed E-state index contributed by atoms with van der Waals surface area (Å²) in [6, 6.07) is 6.14. The summed E-state index contributed by atoms with van der Waals surface area (Å²) in [6.07, 6.45) is 1.88. The molecule has 100 valence electrons. The predicted octanol–water partition coefficient (Wildman–Crippen LogP) is 3.40. The van der Waals surface area contributed by atoms with Crippen molar-refractivity contribution >= 4 is 21.9 Å². The van der Waals surface area contributed by atoms with Crippen LogP contribution in [0.5, 0.6) is 0 Å². The van der Waals surface area contributed by atoms with Crippen LogP contribution in [0.15, 0.2) is 28.9 Å². The Morgan fingerprint density at radius 3 is 2.79 bits per heavy atom. The van der Waals surface area contributed by atoms with Crippen molar-refractivity contribution in [1.82, 2.24) is 9.78 Å². The normalized spacial score (nSPS) is 10.7. The molecule has 2 rings (SSSR count). The Morgan fingerprint density at radius 1 is 1.42 bits per heavy atom. The lowest BCUT2D eigenvalue weighted by Crippen LogP contribution is -2.07. The molecule has 19 heavy (non-hydrogen) atoms. The number of aryl methyl sites for hydroxylation is 2. The standard InChI is InChI=1S/C14H15BrN2O2/c1-9-7-11(3-4-13(9)15)12-8-16-17(10(12)2)6-5-14(18)19/h3-4,7-8H,5-6H2,1-2H3,(H,18,19). The van der Waals surface area contributed by atoms with Gasteiger partial charge in [-0.15, -0.1) is 0 Å². The fourth-order valence-electron chi connectivity index (χ4n) is 1.97. The van der Waals surface area contributed by atoms with E-state index < -0.39 is 5.97 Å². The van der Waals surface area contributed by atoms with E-state index in [2.05, 4.69) is 27.1 Å². The number of hydrogen-bond donors (Lipinski definition) is 1. The highest BCUT2D eigenvalue weighted by Crippen LogP contribution is 2.27. The van der Waals surface area contributed by atoms with Crippen LogP contribution in [0.4, 0.5) is 0 Å². The van der Waals surface area contributed by atoms with Crippen molar-refractivity contribution < 1.29 is 9.90 Å². The summed E-state index contributed by atoms with van der Waals surface area (Å²) in [7, 11) is 0. The molecule has 1 heterocycles. The van der Waals surface area contributed by atoms with Gasteiger partial charge in [0.15, 0.2) is 0 Å². The highest BCUT2D eigenvalue weighted by molar-refractivity contribution is 9.10. The number of benzene rings is 1. The van der Waals surface area contributed by atoms with E-state index in [1.807, 2.05) is 26.0 Å². The number of carbonyl (C=O) groups is 1. The Morgan fingerprint density at radius 2 is 2.16 bits per heavy atom. The maximum absolute atomic E-state index is 10.6. The third kappa shape index (κ3) is 3.04. The van der Waals surface area contributed by atoms with Crippen molar-refractivity contribution in [3.63, 3.8) is 0 Å². The van der Waals surface area contributed by atoms with E-state index in [1.165, 1.54) is 0 Å². The molecule has 0 spiro atoms. The number of carboxylic acids is 1. The monoisotopic (exact) mass is 322 g/mol. The average Bonchev–Trinajstić information content (AvgIpc) is 2.72. The van der Waals surface area contributed by atoms with Crippen LogP contribution in [0.1, 0.15) is 17.7 Å². The van der Waals surface area contributed by atoms with Crippen molar-refractivity contribution in [3.8, 4) is 11.1 Å². The van der Waals surface area contributed by atoms with Gasteiger partial charge in [-0.05, 0) is 31.0 Å². The molecule has 5 heteroatoms. The van der Waals surface area contributed by atoms with Crippen molar-refractivity contribution in [1.29, 1.82) is 0 Å². The number of aromatic nitrogens is 2. The molecule has 2 aromatic rings. The van der Waals surface area contributed by atoms with Gasteiger partial charge in [0.1, 0.15) is 0 Å². The molecule has 1 N–H and O–H groups in total. The van der Waals surface area contributed by atoms with Gasteiger partial charge in [-0.3, -0.25) is 9.48 Å². The molecule has 0 saturated heterocycles. The van der Waals surface area contributed by atoms with Crippen LogP contribution in [0.25, 0.3) is 11.1 Å². The highest BCUT2D eigenvalue weighted by Gasteiger charge is 2.10. The minimum atomic E-state index is -0.809. The Balaban J connectivity index is 2.30. The van der Waals surface area contributed by atoms with Crippen LogP contribution in [-0.2, 0) is 11.3 Å². The van der Waals surface area contributed by atoms with E-state index in [1.54, 1.807) is 10.9 Å². The maximum atomic E-state index is 10.6. The molecule has 0 radical (unpaired) electrons. The Hall–Kier alpha value is -1.62. The topological polar surface area (TPSA) is 55.1 Å². The molecular formula is C14H15BrN2O2. The van der Waals surface area contributed by atoms with E-state index in [-0.39, 0.29) is 6.42 Å². The van der Waals surface area contributed by atoms with Crippen molar-refractivity contribution in [2.24, 2.45) is 0 Å². The smallest absolute Gasteiger partial charge is 0.305 e. The van der Waals surface area contributed by atoms with Crippen LogP contribution in [0.3, 0.4) is 0 Å². The summed E-state index contributed by atoms with van der Waals surface area (Å²) < 4.78 is 2.81. The van der Waals surface area contributed by atoms with Gasteiger partial charge in [-0.2, -0.15) is 5.10 Å². The Bertz CT molecular complexity index is 620. The number of nitrogens with zero attached hydrogens (tertiary/aromatic N) is 2. The van der Waals surface area contributed by atoms with Crippen LogP contribution in [0, 0.1) is 13.8 Å². The predicted molar refractivity (Wildman–Crippen MR) is 77.1 cm³/mol. The van der Waals surface area contributed by atoms with Crippen LogP contribution < -0.4 is 0 Å². The van der Waals surface area contributed by atoms with Crippen LogP contribution >= 0.6 is 15.9 Å². The summed E-state index contributed by atoms with van der Waals surface area (Å²) in [6.45, 7) is 4.40. The lowest BCUT2D eigenvalue weighted by molar-refractivity contribution is -0.137. The first kappa shape index (κ1) is 13.8. The largest absolute Gasteiger partial charge is 0.481 e. The summed E-state index contributed by atoms with van der Waals surface area (Å²) >= 11 is 3.48. The van der Waals surface area contributed by atoms with Gasteiger partial charge in [0, 0.05) is 15.7 Å². The van der Waals surface area contributed by atoms with E-state index in [9.17, 15) is 4.79 Å².